The molecule has 0 aromatic heterocycles. The largest absolute Gasteiger partial charge is 0.300 e. The lowest BCUT2D eigenvalue weighted by molar-refractivity contribution is -0.387. The Kier molecular flexibility index (Phi) is 4.95. The van der Waals surface area contributed by atoms with E-state index in [4.69, 9.17) is 0 Å². The van der Waals surface area contributed by atoms with Crippen molar-refractivity contribution in [3.05, 3.63) is 34.4 Å². The van der Waals surface area contributed by atoms with E-state index in [1.807, 2.05) is 6.92 Å². The van der Waals surface area contributed by atoms with Crippen LogP contribution in [0.5, 0.6) is 0 Å². The van der Waals surface area contributed by atoms with Crippen molar-refractivity contribution in [3.63, 3.8) is 0 Å². The monoisotopic (exact) mass is 312 g/mol. The zero-order chi connectivity index (χ0) is 15.5. The molecule has 6 nitrogen and oxygen atoms in total. The molecule has 0 saturated carbocycles. The molecule has 0 aliphatic carbocycles. The fourth-order valence-electron chi connectivity index (χ4n) is 2.74. The molecule has 0 N–H and O–H groups in total. The topological polar surface area (TPSA) is 80.5 Å². The van der Waals surface area contributed by atoms with E-state index in [0.717, 1.165) is 25.9 Å². The molecular formula is C14H20N2O4S. The number of rotatable bonds is 5. The first-order valence-electron chi connectivity index (χ1n) is 7.12. The Bertz CT molecular complexity index is 609. The third-order valence-electron chi connectivity index (χ3n) is 3.87. The van der Waals surface area contributed by atoms with Gasteiger partial charge in [-0.3, -0.25) is 15.0 Å². The molecule has 1 atom stereocenters. The van der Waals surface area contributed by atoms with Crippen LogP contribution in [-0.4, -0.2) is 43.1 Å². The number of hydrogen-bond donors (Lipinski definition) is 0. The summed E-state index contributed by atoms with van der Waals surface area (Å²) in [6.45, 7) is 3.67. The van der Waals surface area contributed by atoms with Gasteiger partial charge in [0, 0.05) is 12.1 Å². The maximum absolute atomic E-state index is 12.5. The highest BCUT2D eigenvalue weighted by atomic mass is 32.2. The normalized spacial score (nSPS) is 18.3. The Morgan fingerprint density at radius 2 is 1.86 bits per heavy atom. The molecule has 0 bridgehead atoms. The Labute approximate surface area is 124 Å². The van der Waals surface area contributed by atoms with E-state index in [1.54, 1.807) is 0 Å². The summed E-state index contributed by atoms with van der Waals surface area (Å²) in [5.74, 6) is -0.0855. The lowest BCUT2D eigenvalue weighted by atomic mass is 10.1. The molecule has 1 fully saturated rings. The molecule has 21 heavy (non-hydrogen) atoms. The average molecular weight is 312 g/mol. The van der Waals surface area contributed by atoms with Crippen LogP contribution in [0.25, 0.3) is 0 Å². The molecule has 1 saturated heterocycles. The standard InChI is InChI=1S/C14H20N2O4S/c1-12(15-9-5-2-6-10-15)11-21(19,20)14-8-4-3-7-13(14)16(17)18/h3-4,7-8,12H,2,5-6,9-11H2,1H3/t12-/m0/s1. The van der Waals surface area contributed by atoms with Gasteiger partial charge < -0.3 is 0 Å². The van der Waals surface area contributed by atoms with E-state index in [-0.39, 0.29) is 22.4 Å². The maximum atomic E-state index is 12.5. The number of nitro benzene ring substituents is 1. The number of nitrogens with zero attached hydrogens (tertiary/aromatic N) is 2. The summed E-state index contributed by atoms with van der Waals surface area (Å²) < 4.78 is 25.0. The van der Waals surface area contributed by atoms with Crippen LogP contribution in [0.3, 0.4) is 0 Å². The van der Waals surface area contributed by atoms with Crippen molar-refractivity contribution in [2.24, 2.45) is 0 Å². The summed E-state index contributed by atoms with van der Waals surface area (Å²) in [5.41, 5.74) is -0.344. The number of sulfone groups is 1. The third-order valence-corrected chi connectivity index (χ3v) is 5.81. The quantitative estimate of drug-likeness (QED) is 0.615. The van der Waals surface area contributed by atoms with Gasteiger partial charge in [-0.1, -0.05) is 18.6 Å². The van der Waals surface area contributed by atoms with Crippen LogP contribution in [0.2, 0.25) is 0 Å². The first-order valence-corrected chi connectivity index (χ1v) is 8.77. The highest BCUT2D eigenvalue weighted by Crippen LogP contribution is 2.25. The van der Waals surface area contributed by atoms with E-state index < -0.39 is 14.8 Å². The summed E-state index contributed by atoms with van der Waals surface area (Å²) in [4.78, 5) is 12.3. The van der Waals surface area contributed by atoms with Crippen molar-refractivity contribution in [3.8, 4) is 0 Å². The summed E-state index contributed by atoms with van der Waals surface area (Å²) in [5, 5.41) is 11.0. The first kappa shape index (κ1) is 15.9. The number of benzene rings is 1. The first-order chi connectivity index (χ1) is 9.92. The lowest BCUT2D eigenvalue weighted by Crippen LogP contribution is -2.41. The molecular weight excluding hydrogens is 292 g/mol. The fraction of sp³-hybridized carbons (Fsp3) is 0.571. The van der Waals surface area contributed by atoms with Crippen LogP contribution in [-0.2, 0) is 9.84 Å². The summed E-state index contributed by atoms with van der Waals surface area (Å²) >= 11 is 0. The van der Waals surface area contributed by atoms with Gasteiger partial charge >= 0.3 is 0 Å². The number of hydrogen-bond acceptors (Lipinski definition) is 5. The number of nitro groups is 1. The Morgan fingerprint density at radius 3 is 2.48 bits per heavy atom. The van der Waals surface area contributed by atoms with Crippen LogP contribution in [0, 0.1) is 10.1 Å². The second kappa shape index (κ2) is 6.53. The van der Waals surface area contributed by atoms with E-state index in [1.165, 1.54) is 30.7 Å². The van der Waals surface area contributed by atoms with Crippen LogP contribution < -0.4 is 0 Å². The fourth-order valence-corrected chi connectivity index (χ4v) is 4.52. The van der Waals surface area contributed by atoms with Crippen molar-refractivity contribution < 1.29 is 13.3 Å². The maximum Gasteiger partial charge on any atom is 0.287 e. The zero-order valence-corrected chi connectivity index (χ0v) is 12.9. The van der Waals surface area contributed by atoms with Gasteiger partial charge in [0.1, 0.15) is 4.90 Å². The van der Waals surface area contributed by atoms with E-state index in [9.17, 15) is 18.5 Å². The Balaban J connectivity index is 2.20. The smallest absolute Gasteiger partial charge is 0.287 e. The highest BCUT2D eigenvalue weighted by Gasteiger charge is 2.29. The predicted octanol–water partition coefficient (Wildman–Crippen LogP) is 2.24. The van der Waals surface area contributed by atoms with Crippen LogP contribution in [0.4, 0.5) is 5.69 Å². The minimum atomic E-state index is -3.67. The van der Waals surface area contributed by atoms with E-state index >= 15 is 0 Å². The molecule has 1 aromatic rings. The van der Waals surface area contributed by atoms with Gasteiger partial charge in [0.25, 0.3) is 5.69 Å². The summed E-state index contributed by atoms with van der Waals surface area (Å²) in [6, 6.07) is 5.42. The van der Waals surface area contributed by atoms with E-state index in [2.05, 4.69) is 4.90 Å². The second-order valence-corrected chi connectivity index (χ2v) is 7.45. The number of para-hydroxylation sites is 1. The van der Waals surface area contributed by atoms with Gasteiger partial charge in [0.05, 0.1) is 10.7 Å². The van der Waals surface area contributed by atoms with E-state index in [0.29, 0.717) is 0 Å². The van der Waals surface area contributed by atoms with Crippen LogP contribution in [0.15, 0.2) is 29.2 Å². The molecule has 116 valence electrons. The Hall–Kier alpha value is -1.47. The predicted molar refractivity (Wildman–Crippen MR) is 80.0 cm³/mol. The zero-order valence-electron chi connectivity index (χ0n) is 12.1. The van der Waals surface area contributed by atoms with Crippen molar-refractivity contribution in [1.82, 2.24) is 4.90 Å². The van der Waals surface area contributed by atoms with Gasteiger partial charge in [-0.05, 0) is 38.9 Å². The number of piperidine rings is 1. The minimum Gasteiger partial charge on any atom is -0.300 e. The van der Waals surface area contributed by atoms with Crippen molar-refractivity contribution in [2.45, 2.75) is 37.1 Å². The molecule has 7 heteroatoms. The molecule has 1 aliphatic heterocycles. The van der Waals surface area contributed by atoms with Crippen LogP contribution in [0.1, 0.15) is 26.2 Å². The van der Waals surface area contributed by atoms with Gasteiger partial charge in [0.15, 0.2) is 9.84 Å². The summed E-state index contributed by atoms with van der Waals surface area (Å²) in [6.07, 6.45) is 3.34. The SMILES string of the molecule is C[C@@H](CS(=O)(=O)c1ccccc1[N+](=O)[O-])N1CCCCC1. The molecule has 1 aromatic carbocycles. The lowest BCUT2D eigenvalue weighted by Gasteiger charge is -2.32. The molecule has 1 heterocycles. The molecule has 0 spiro atoms. The molecule has 1 aliphatic rings. The molecule has 2 rings (SSSR count). The van der Waals surface area contributed by atoms with Crippen molar-refractivity contribution in [2.75, 3.05) is 18.8 Å². The van der Waals surface area contributed by atoms with Gasteiger partial charge in [-0.25, -0.2) is 8.42 Å². The molecule has 0 radical (unpaired) electrons. The minimum absolute atomic E-state index is 0.0855. The molecule has 0 unspecified atom stereocenters. The third kappa shape index (κ3) is 3.79. The Morgan fingerprint density at radius 1 is 1.24 bits per heavy atom. The molecule has 0 amide bonds. The van der Waals surface area contributed by atoms with Crippen molar-refractivity contribution in [1.29, 1.82) is 0 Å². The van der Waals surface area contributed by atoms with Gasteiger partial charge in [0.2, 0.25) is 0 Å². The number of likely N-dealkylation sites (tertiary alicyclic amines) is 1. The second-order valence-electron chi connectivity index (χ2n) is 5.45. The highest BCUT2D eigenvalue weighted by molar-refractivity contribution is 7.91. The average Bonchev–Trinajstić information content (AvgIpc) is 2.47. The van der Waals surface area contributed by atoms with Crippen LogP contribution >= 0.6 is 0 Å². The van der Waals surface area contributed by atoms with Crippen molar-refractivity contribution >= 4 is 15.5 Å². The van der Waals surface area contributed by atoms with Gasteiger partial charge in [-0.15, -0.1) is 0 Å². The van der Waals surface area contributed by atoms with Gasteiger partial charge in [-0.2, -0.15) is 0 Å². The summed E-state index contributed by atoms with van der Waals surface area (Å²) in [7, 11) is -3.67.